The van der Waals surface area contributed by atoms with E-state index in [1.54, 1.807) is 0 Å². The molecule has 0 saturated heterocycles. The minimum absolute atomic E-state index is 0.141. The molecule has 0 aliphatic heterocycles. The molecule has 0 spiro atoms. The van der Waals surface area contributed by atoms with Crippen molar-refractivity contribution in [3.63, 3.8) is 0 Å². The summed E-state index contributed by atoms with van der Waals surface area (Å²) in [7, 11) is 0. The van der Waals surface area contributed by atoms with Gasteiger partial charge in [-0.05, 0) is 173 Å². The van der Waals surface area contributed by atoms with Gasteiger partial charge in [0.25, 0.3) is 0 Å². The first kappa shape index (κ1) is 33.5. The van der Waals surface area contributed by atoms with Gasteiger partial charge in [0, 0.05) is 11.8 Å². The lowest BCUT2D eigenvalue weighted by Crippen LogP contribution is -2.09. The van der Waals surface area contributed by atoms with Crippen LogP contribution in [0.3, 0.4) is 0 Å². The highest BCUT2D eigenvalue weighted by atomic mass is 16.3. The Kier molecular flexibility index (Phi) is 8.81. The second-order valence-electron chi connectivity index (χ2n) is 13.8. The number of phenolic OH excluding ortho intramolecular Hbond substituents is 3. The number of benzene rings is 6. The molecule has 0 aliphatic rings. The molecule has 6 rings (SSSR count). The normalized spacial score (nSPS) is 12.1. The number of aryl methyl sites for hydroxylation is 8. The van der Waals surface area contributed by atoms with Crippen molar-refractivity contribution in [3.8, 4) is 17.2 Å². The maximum Gasteiger partial charge on any atom is 0.118 e. The second-order valence-corrected chi connectivity index (χ2v) is 13.8. The van der Waals surface area contributed by atoms with Crippen LogP contribution in [0.5, 0.6) is 17.2 Å². The molecule has 5 heteroatoms. The Morgan fingerprint density at radius 3 is 1.12 bits per heavy atom. The smallest absolute Gasteiger partial charge is 0.118 e. The molecule has 49 heavy (non-hydrogen) atoms. The second kappa shape index (κ2) is 12.9. The number of nitrogens with zero attached hydrogens (tertiary/aromatic N) is 1. The van der Waals surface area contributed by atoms with Crippen molar-refractivity contribution in [3.05, 3.63) is 168 Å². The zero-order chi connectivity index (χ0) is 35.3. The van der Waals surface area contributed by atoms with Crippen LogP contribution >= 0.6 is 0 Å². The van der Waals surface area contributed by atoms with Gasteiger partial charge in [-0.15, -0.1) is 4.91 Å². The Morgan fingerprint density at radius 1 is 0.408 bits per heavy atom. The summed E-state index contributed by atoms with van der Waals surface area (Å²) in [5, 5.41) is 37.1. The monoisotopic (exact) mass is 649 g/mol. The quantitative estimate of drug-likeness (QED) is 0.119. The number of phenols is 3. The fourth-order valence-electron chi connectivity index (χ4n) is 7.33. The van der Waals surface area contributed by atoms with E-state index < -0.39 is 0 Å². The van der Waals surface area contributed by atoms with E-state index in [4.69, 9.17) is 0 Å². The summed E-state index contributed by atoms with van der Waals surface area (Å²) < 4.78 is 0. The highest BCUT2D eigenvalue weighted by molar-refractivity contribution is 5.85. The van der Waals surface area contributed by atoms with E-state index in [-0.39, 0.29) is 29.1 Å². The minimum atomic E-state index is -0.161. The number of aromatic hydroxyl groups is 3. The first-order valence-electron chi connectivity index (χ1n) is 16.7. The number of fused-ring (bicyclic) bond motifs is 1. The van der Waals surface area contributed by atoms with Gasteiger partial charge in [0.15, 0.2) is 0 Å². The van der Waals surface area contributed by atoms with E-state index in [9.17, 15) is 20.2 Å². The molecule has 6 aromatic carbocycles. The summed E-state index contributed by atoms with van der Waals surface area (Å²) in [4.78, 5) is 11.6. The lowest BCUT2D eigenvalue weighted by atomic mass is 9.78. The van der Waals surface area contributed by atoms with Crippen molar-refractivity contribution in [2.24, 2.45) is 5.18 Å². The van der Waals surface area contributed by atoms with E-state index in [0.29, 0.717) is 5.69 Å². The summed E-state index contributed by atoms with van der Waals surface area (Å²) in [6.07, 6.45) is 0. The summed E-state index contributed by atoms with van der Waals surface area (Å²) >= 11 is 0. The molecule has 0 heterocycles. The predicted molar refractivity (Wildman–Crippen MR) is 200 cm³/mol. The van der Waals surface area contributed by atoms with E-state index in [2.05, 4.69) is 65.8 Å². The molecule has 0 aliphatic carbocycles. The van der Waals surface area contributed by atoms with E-state index in [1.165, 1.54) is 0 Å². The summed E-state index contributed by atoms with van der Waals surface area (Å²) in [5.41, 5.74) is 14.2. The van der Waals surface area contributed by atoms with E-state index >= 15 is 0 Å². The third-order valence-electron chi connectivity index (χ3n) is 10.2. The Morgan fingerprint density at radius 2 is 0.755 bits per heavy atom. The third kappa shape index (κ3) is 6.17. The summed E-state index contributed by atoms with van der Waals surface area (Å²) in [6, 6.07) is 28.8. The number of hydrogen-bond acceptors (Lipinski definition) is 5. The molecule has 0 saturated carbocycles. The van der Waals surface area contributed by atoms with Crippen LogP contribution in [0, 0.1) is 60.3 Å². The van der Waals surface area contributed by atoms with Crippen LogP contribution in [0.4, 0.5) is 5.69 Å². The topological polar surface area (TPSA) is 90.1 Å². The van der Waals surface area contributed by atoms with Crippen LogP contribution in [-0.2, 0) is 0 Å². The van der Waals surface area contributed by atoms with Gasteiger partial charge in [-0.25, -0.2) is 0 Å². The van der Waals surface area contributed by atoms with Crippen LogP contribution in [-0.4, -0.2) is 15.3 Å². The average Bonchev–Trinajstić information content (AvgIpc) is 3.05. The molecule has 1 unspecified atom stereocenters. The minimum Gasteiger partial charge on any atom is -0.508 e. The van der Waals surface area contributed by atoms with Crippen molar-refractivity contribution >= 4 is 16.5 Å². The number of nitroso groups, excluding NO2 is 1. The molecule has 0 bridgehead atoms. The Bertz CT molecular complexity index is 2230. The first-order chi connectivity index (χ1) is 23.3. The van der Waals surface area contributed by atoms with Crippen LogP contribution in [0.25, 0.3) is 10.8 Å². The fourth-order valence-corrected chi connectivity index (χ4v) is 7.33. The zero-order valence-electron chi connectivity index (χ0n) is 29.4. The lowest BCUT2D eigenvalue weighted by Gasteiger charge is -2.26. The maximum atomic E-state index is 11.6. The predicted octanol–water partition coefficient (Wildman–Crippen LogP) is 11.2. The van der Waals surface area contributed by atoms with Gasteiger partial charge in [0.1, 0.15) is 22.9 Å². The van der Waals surface area contributed by atoms with E-state index in [0.717, 1.165) is 88.7 Å². The zero-order valence-corrected chi connectivity index (χ0v) is 29.4. The standard InChI is InChI=1S/C44H43NO4/c1-23-17-39(45-49)27(5)13-35(23)43(36-14-28(6)40(46)18-24(36)2)32-11-9-31-10-12-33(22-34(31)21-32)44(37-15-29(7)41(47)19-25(37)3)38-16-30(8)42(48)20-26(38)4/h9-22,43-44,46-48H,1-8H3. The Hall–Kier alpha value is -5.42. The molecule has 5 nitrogen and oxygen atoms in total. The number of rotatable bonds is 7. The molecule has 0 aromatic heterocycles. The molecule has 1 atom stereocenters. The van der Waals surface area contributed by atoms with Crippen molar-refractivity contribution in [1.82, 2.24) is 0 Å². The SMILES string of the molecule is Cc1cc(C(c2ccc3ccc(C(c4cc(C)c(O)cc4C)c4cc(C)c(N=O)cc4C)cc3c2)c2cc(C)c(O)cc2C)c(C)cc1O. The Labute approximate surface area is 288 Å². The third-order valence-corrected chi connectivity index (χ3v) is 10.2. The van der Waals surface area contributed by atoms with Crippen molar-refractivity contribution < 1.29 is 15.3 Å². The van der Waals surface area contributed by atoms with Gasteiger partial charge >= 0.3 is 0 Å². The largest absolute Gasteiger partial charge is 0.508 e. The molecule has 0 amide bonds. The van der Waals surface area contributed by atoms with Gasteiger partial charge in [0.2, 0.25) is 0 Å². The molecular formula is C44H43NO4. The average molecular weight is 650 g/mol. The summed E-state index contributed by atoms with van der Waals surface area (Å²) in [6.45, 7) is 15.8. The highest BCUT2D eigenvalue weighted by Gasteiger charge is 2.25. The molecule has 248 valence electrons. The van der Waals surface area contributed by atoms with Crippen molar-refractivity contribution in [1.29, 1.82) is 0 Å². The van der Waals surface area contributed by atoms with Crippen LogP contribution in [0.1, 0.15) is 89.7 Å². The van der Waals surface area contributed by atoms with Gasteiger partial charge in [0.05, 0.1) is 0 Å². The first-order valence-corrected chi connectivity index (χ1v) is 16.7. The van der Waals surface area contributed by atoms with Crippen molar-refractivity contribution in [2.45, 2.75) is 67.2 Å². The Balaban J connectivity index is 1.60. The lowest BCUT2D eigenvalue weighted by molar-refractivity contribution is 0.469. The van der Waals surface area contributed by atoms with Gasteiger partial charge in [-0.1, -0.05) is 60.7 Å². The molecule has 6 aromatic rings. The molecule has 0 radical (unpaired) electrons. The van der Waals surface area contributed by atoms with Crippen LogP contribution in [0.2, 0.25) is 0 Å². The molecule has 3 N–H and O–H groups in total. The molecule has 0 fully saturated rings. The highest BCUT2D eigenvalue weighted by Crippen LogP contribution is 2.43. The molecular weight excluding hydrogens is 606 g/mol. The maximum absolute atomic E-state index is 11.6. The van der Waals surface area contributed by atoms with Crippen molar-refractivity contribution in [2.75, 3.05) is 0 Å². The van der Waals surface area contributed by atoms with Crippen LogP contribution in [0.15, 0.2) is 90.1 Å². The fraction of sp³-hybridized carbons (Fsp3) is 0.227. The van der Waals surface area contributed by atoms with Crippen LogP contribution < -0.4 is 0 Å². The van der Waals surface area contributed by atoms with E-state index in [1.807, 2.05) is 79.7 Å². The van der Waals surface area contributed by atoms with Gasteiger partial charge in [-0.3, -0.25) is 0 Å². The summed E-state index contributed by atoms with van der Waals surface area (Å²) in [5.74, 6) is 0.511. The van der Waals surface area contributed by atoms with Gasteiger partial charge < -0.3 is 15.3 Å². The van der Waals surface area contributed by atoms with Gasteiger partial charge in [-0.2, -0.15) is 0 Å². The number of hydrogen-bond donors (Lipinski definition) is 3.